The van der Waals surface area contributed by atoms with Gasteiger partial charge in [0.25, 0.3) is 0 Å². The molecule has 0 aliphatic rings. The Hall–Kier alpha value is -3.38. The number of rotatable bonds is 3. The maximum absolute atomic E-state index is 2.46. The normalized spacial score (nSPS) is 11.2. The molecule has 0 spiro atoms. The van der Waals surface area contributed by atoms with Crippen molar-refractivity contribution >= 4 is 33.8 Å². The van der Waals surface area contributed by atoms with Crippen LogP contribution in [0.2, 0.25) is 0 Å². The summed E-state index contributed by atoms with van der Waals surface area (Å²) in [5.41, 5.74) is 7.81. The summed E-state index contributed by atoms with van der Waals surface area (Å²) in [5.74, 6) is 0. The molecule has 6 rings (SSSR count). The van der Waals surface area contributed by atoms with Gasteiger partial charge in [0.15, 0.2) is 0 Å². The van der Waals surface area contributed by atoms with Gasteiger partial charge in [-0.05, 0) is 0 Å². The fourth-order valence-electron chi connectivity index (χ4n) is 4.53. The van der Waals surface area contributed by atoms with E-state index in [0.29, 0.717) is 14.5 Å². The molecule has 0 fully saturated rings. The van der Waals surface area contributed by atoms with Crippen LogP contribution in [-0.4, -0.2) is 14.5 Å². The van der Waals surface area contributed by atoms with Crippen molar-refractivity contribution in [3.05, 3.63) is 121 Å². The van der Waals surface area contributed by atoms with Crippen LogP contribution in [0.4, 0.5) is 0 Å². The molecule has 0 nitrogen and oxygen atoms in total. The van der Waals surface area contributed by atoms with Crippen molar-refractivity contribution in [2.75, 3.05) is 0 Å². The van der Waals surface area contributed by atoms with Crippen molar-refractivity contribution < 1.29 is 0 Å². The Morgan fingerprint density at radius 1 is 0.419 bits per heavy atom. The molecule has 0 saturated heterocycles. The molecule has 6 aromatic rings. The first kappa shape index (κ1) is 18.4. The van der Waals surface area contributed by atoms with Crippen LogP contribution in [0.25, 0.3) is 52.7 Å². The van der Waals surface area contributed by atoms with E-state index < -0.39 is 0 Å². The minimum atomic E-state index is 0.314. The number of benzene rings is 5. The van der Waals surface area contributed by atoms with Gasteiger partial charge >= 0.3 is 189 Å². The zero-order valence-electron chi connectivity index (χ0n) is 17.0. The summed E-state index contributed by atoms with van der Waals surface area (Å²) in [4.78, 5) is 0. The molecule has 0 bridgehead atoms. The third kappa shape index (κ3) is 3.15. The van der Waals surface area contributed by atoms with Gasteiger partial charge < -0.3 is 0 Å². The molecule has 0 radical (unpaired) electrons. The first-order valence-corrected chi connectivity index (χ1v) is 12.3. The Morgan fingerprint density at radius 3 is 1.58 bits per heavy atom. The summed E-state index contributed by atoms with van der Waals surface area (Å²) < 4.78 is 2.96. The average Bonchev–Trinajstić information content (AvgIpc) is 3.23. The van der Waals surface area contributed by atoms with Crippen LogP contribution in [0.5, 0.6) is 0 Å². The molecule has 0 aliphatic heterocycles. The summed E-state index contributed by atoms with van der Waals surface area (Å²) in [6.07, 6.45) is 0. The third-order valence-corrected chi connectivity index (χ3v) is 8.22. The molecule has 0 unspecified atom stereocenters. The predicted molar refractivity (Wildman–Crippen MR) is 135 cm³/mol. The first-order valence-electron chi connectivity index (χ1n) is 10.5. The van der Waals surface area contributed by atoms with Crippen molar-refractivity contribution in [1.82, 2.24) is 0 Å². The Labute approximate surface area is 188 Å². The van der Waals surface area contributed by atoms with Crippen LogP contribution in [-0.2, 0) is 0 Å². The predicted octanol–water partition coefficient (Wildman–Crippen LogP) is 8.05. The first-order chi connectivity index (χ1) is 15.4. The van der Waals surface area contributed by atoms with Gasteiger partial charge in [0.05, 0.1) is 0 Å². The summed E-state index contributed by atoms with van der Waals surface area (Å²) in [6.45, 7) is 0. The molecular weight excluding hydrogens is 439 g/mol. The molecule has 0 saturated carbocycles. The van der Waals surface area contributed by atoms with Crippen LogP contribution in [0.3, 0.4) is 0 Å². The van der Waals surface area contributed by atoms with Gasteiger partial charge in [-0.1, -0.05) is 0 Å². The van der Waals surface area contributed by atoms with E-state index in [1.807, 2.05) is 0 Å². The van der Waals surface area contributed by atoms with Crippen molar-refractivity contribution in [2.45, 2.75) is 0 Å². The van der Waals surface area contributed by atoms with E-state index in [4.69, 9.17) is 0 Å². The maximum atomic E-state index is 2.46. The minimum absolute atomic E-state index is 0.314. The summed E-state index contributed by atoms with van der Waals surface area (Å²) in [6, 6.07) is 44.0. The molecule has 146 valence electrons. The second-order valence-corrected chi connectivity index (χ2v) is 10.0. The van der Waals surface area contributed by atoms with Gasteiger partial charge in [-0.15, -0.1) is 0 Å². The molecule has 0 atom stereocenters. The fraction of sp³-hybridized carbons (Fsp3) is 0. The second kappa shape index (κ2) is 7.70. The van der Waals surface area contributed by atoms with E-state index in [9.17, 15) is 0 Å². The van der Waals surface area contributed by atoms with Crippen molar-refractivity contribution in [3.63, 3.8) is 0 Å². The monoisotopic (exact) mass is 460 g/mol. The quantitative estimate of drug-likeness (QED) is 0.235. The van der Waals surface area contributed by atoms with E-state index in [0.717, 1.165) is 0 Å². The Kier molecular flexibility index (Phi) is 4.57. The standard InChI is InChI=1S/C30H20Se/c1-4-12-21(13-5-1)25-20-27-30(24-18-10-11-19-26(24)31-27)29(23-16-8-3-9-17-23)28(25)22-14-6-2-7-15-22/h1-20H. The zero-order valence-corrected chi connectivity index (χ0v) is 18.7. The third-order valence-electron chi connectivity index (χ3n) is 5.88. The molecule has 31 heavy (non-hydrogen) atoms. The van der Waals surface area contributed by atoms with Crippen LogP contribution in [0.15, 0.2) is 121 Å². The topological polar surface area (TPSA) is 0 Å². The molecule has 1 heterocycles. The zero-order chi connectivity index (χ0) is 20.6. The van der Waals surface area contributed by atoms with Crippen molar-refractivity contribution in [1.29, 1.82) is 0 Å². The van der Waals surface area contributed by atoms with E-state index >= 15 is 0 Å². The Bertz CT molecular complexity index is 1490. The van der Waals surface area contributed by atoms with E-state index in [-0.39, 0.29) is 0 Å². The van der Waals surface area contributed by atoms with Crippen molar-refractivity contribution in [3.8, 4) is 33.4 Å². The van der Waals surface area contributed by atoms with Crippen molar-refractivity contribution in [2.24, 2.45) is 0 Å². The van der Waals surface area contributed by atoms with Gasteiger partial charge in [0, 0.05) is 0 Å². The van der Waals surface area contributed by atoms with E-state index in [1.165, 1.54) is 52.7 Å². The average molecular weight is 459 g/mol. The van der Waals surface area contributed by atoms with E-state index in [1.54, 1.807) is 0 Å². The molecule has 5 aromatic carbocycles. The molecule has 0 amide bonds. The van der Waals surface area contributed by atoms with E-state index in [2.05, 4.69) is 121 Å². The molecule has 0 N–H and O–H groups in total. The number of fused-ring (bicyclic) bond motifs is 3. The second-order valence-electron chi connectivity index (χ2n) is 7.74. The van der Waals surface area contributed by atoms with Gasteiger partial charge in [0.2, 0.25) is 0 Å². The van der Waals surface area contributed by atoms with Gasteiger partial charge in [-0.2, -0.15) is 0 Å². The van der Waals surface area contributed by atoms with Crippen LogP contribution in [0.1, 0.15) is 0 Å². The summed E-state index contributed by atoms with van der Waals surface area (Å²) >= 11 is 0.314. The van der Waals surface area contributed by atoms with Crippen LogP contribution >= 0.6 is 0 Å². The molecule has 0 aliphatic carbocycles. The Morgan fingerprint density at radius 2 is 0.935 bits per heavy atom. The van der Waals surface area contributed by atoms with Crippen LogP contribution < -0.4 is 0 Å². The number of hydrogen-bond acceptors (Lipinski definition) is 0. The molecule has 1 aromatic heterocycles. The van der Waals surface area contributed by atoms with Gasteiger partial charge in [-0.25, -0.2) is 0 Å². The van der Waals surface area contributed by atoms with Crippen LogP contribution in [0, 0.1) is 0 Å². The van der Waals surface area contributed by atoms with Gasteiger partial charge in [-0.3, -0.25) is 0 Å². The summed E-state index contributed by atoms with van der Waals surface area (Å²) in [7, 11) is 0. The van der Waals surface area contributed by atoms with Gasteiger partial charge in [0.1, 0.15) is 0 Å². The molecule has 1 heteroatoms. The SMILES string of the molecule is c1ccc(-c2cc3[se]c4ccccc4c3c(-c3ccccc3)c2-c2ccccc2)cc1. The fourth-order valence-corrected chi connectivity index (χ4v) is 6.95. The Balaban J connectivity index is 1.86. The molecular formula is C30H20Se. The summed E-state index contributed by atoms with van der Waals surface area (Å²) in [5, 5.41) is 2.81. The number of hydrogen-bond donors (Lipinski definition) is 0.